The number of halogens is 2. The van der Waals surface area contributed by atoms with Gasteiger partial charge < -0.3 is 19.5 Å². The summed E-state index contributed by atoms with van der Waals surface area (Å²) in [6, 6.07) is 17.7. The molecule has 0 heterocycles. The summed E-state index contributed by atoms with van der Waals surface area (Å²) >= 11 is 12.3. The molecule has 10 heteroatoms. The molecule has 0 saturated heterocycles. The molecule has 0 saturated carbocycles. The number of rotatable bonds is 10. The van der Waals surface area contributed by atoms with Crippen LogP contribution in [0.3, 0.4) is 0 Å². The van der Waals surface area contributed by atoms with Crippen LogP contribution in [-0.4, -0.2) is 31.7 Å². The lowest BCUT2D eigenvalue weighted by molar-refractivity contribution is -0.139. The van der Waals surface area contributed by atoms with Gasteiger partial charge in [0.05, 0.1) is 25.0 Å². The van der Waals surface area contributed by atoms with Crippen molar-refractivity contribution in [1.29, 1.82) is 0 Å². The Bertz CT molecular complexity index is 1220. The average molecular weight is 530 g/mol. The molecular weight excluding hydrogens is 505 g/mol. The van der Waals surface area contributed by atoms with Gasteiger partial charge >= 0.3 is 11.8 Å². The van der Waals surface area contributed by atoms with E-state index in [2.05, 4.69) is 15.8 Å². The summed E-state index contributed by atoms with van der Waals surface area (Å²) in [7, 11) is 1.57. The number of methoxy groups -OCH3 is 1. The van der Waals surface area contributed by atoms with Crippen LogP contribution >= 0.6 is 23.2 Å². The number of ether oxygens (including phenoxy) is 3. The van der Waals surface area contributed by atoms with Crippen molar-refractivity contribution >= 4 is 41.2 Å². The normalized spacial score (nSPS) is 10.7. The van der Waals surface area contributed by atoms with Crippen molar-refractivity contribution in [3.05, 3.63) is 87.4 Å². The first kappa shape index (κ1) is 26.8. The van der Waals surface area contributed by atoms with E-state index in [0.29, 0.717) is 39.5 Å². The highest BCUT2D eigenvalue weighted by molar-refractivity contribution is 6.35. The van der Waals surface area contributed by atoms with E-state index in [0.717, 1.165) is 11.1 Å². The number of carbonyl (C=O) groups is 2. The molecule has 188 valence electrons. The van der Waals surface area contributed by atoms with Crippen LogP contribution in [-0.2, 0) is 22.7 Å². The Morgan fingerprint density at radius 1 is 0.944 bits per heavy atom. The minimum Gasteiger partial charge on any atom is -0.497 e. The lowest BCUT2D eigenvalue weighted by Gasteiger charge is -2.14. The summed E-state index contributed by atoms with van der Waals surface area (Å²) in [6.45, 7) is 2.68. The van der Waals surface area contributed by atoms with Crippen LogP contribution < -0.4 is 25.0 Å². The number of nitrogens with zero attached hydrogens (tertiary/aromatic N) is 1. The molecule has 0 aromatic heterocycles. The molecule has 0 bridgehead atoms. The fraction of sp³-hybridized carbons (Fsp3) is 0.192. The molecular formula is C26H25Cl2N3O5. The first-order chi connectivity index (χ1) is 17.4. The van der Waals surface area contributed by atoms with E-state index in [4.69, 9.17) is 37.4 Å². The van der Waals surface area contributed by atoms with Crippen molar-refractivity contribution in [1.82, 2.24) is 10.7 Å². The standard InChI is InChI=1S/C26H25Cl2N3O5/c1-3-35-23-13-19(12-22(28)24(23)36-16-18-4-8-20(27)9-5-18)15-30-31-26(33)25(32)29-14-17-6-10-21(34-2)11-7-17/h4-13,15H,3,14,16H2,1-2H3,(H,29,32)(H,31,33)/b30-15-. The topological polar surface area (TPSA) is 98.2 Å². The summed E-state index contributed by atoms with van der Waals surface area (Å²) in [5.74, 6) is -0.219. The van der Waals surface area contributed by atoms with Crippen molar-refractivity contribution in [2.75, 3.05) is 13.7 Å². The van der Waals surface area contributed by atoms with Crippen LogP contribution in [0.5, 0.6) is 17.2 Å². The Balaban J connectivity index is 1.58. The first-order valence-electron chi connectivity index (χ1n) is 11.0. The third-order valence-corrected chi connectivity index (χ3v) is 5.36. The van der Waals surface area contributed by atoms with E-state index in [1.54, 1.807) is 55.6 Å². The summed E-state index contributed by atoms with van der Waals surface area (Å²) in [4.78, 5) is 24.1. The molecule has 3 aromatic carbocycles. The van der Waals surface area contributed by atoms with E-state index in [9.17, 15) is 9.59 Å². The van der Waals surface area contributed by atoms with Crippen molar-refractivity contribution < 1.29 is 23.8 Å². The van der Waals surface area contributed by atoms with Gasteiger partial charge in [0, 0.05) is 11.6 Å². The molecule has 0 unspecified atom stereocenters. The Hall–Kier alpha value is -3.75. The minimum absolute atomic E-state index is 0.185. The second-order valence-electron chi connectivity index (χ2n) is 7.41. The number of benzene rings is 3. The molecule has 0 atom stereocenters. The molecule has 0 aliphatic heterocycles. The summed E-state index contributed by atoms with van der Waals surface area (Å²) in [5, 5.41) is 7.31. The average Bonchev–Trinajstić information content (AvgIpc) is 2.88. The molecule has 36 heavy (non-hydrogen) atoms. The molecule has 0 radical (unpaired) electrons. The van der Waals surface area contributed by atoms with E-state index in [-0.39, 0.29) is 13.2 Å². The van der Waals surface area contributed by atoms with Gasteiger partial charge in [0.25, 0.3) is 0 Å². The zero-order valence-electron chi connectivity index (χ0n) is 19.7. The van der Waals surface area contributed by atoms with Crippen molar-refractivity contribution in [3.63, 3.8) is 0 Å². The molecule has 2 amide bonds. The molecule has 0 aliphatic rings. The number of hydrogen-bond donors (Lipinski definition) is 2. The number of nitrogens with one attached hydrogen (secondary N) is 2. The van der Waals surface area contributed by atoms with Gasteiger partial charge in [0.2, 0.25) is 0 Å². The molecule has 3 aromatic rings. The van der Waals surface area contributed by atoms with Crippen LogP contribution in [0.25, 0.3) is 0 Å². The second kappa shape index (κ2) is 13.4. The number of amides is 2. The maximum absolute atomic E-state index is 12.1. The Labute approximate surface area is 219 Å². The highest BCUT2D eigenvalue weighted by atomic mass is 35.5. The van der Waals surface area contributed by atoms with Crippen molar-refractivity contribution in [3.8, 4) is 17.2 Å². The molecule has 0 aliphatic carbocycles. The van der Waals surface area contributed by atoms with Gasteiger partial charge in [-0.2, -0.15) is 5.10 Å². The zero-order valence-corrected chi connectivity index (χ0v) is 21.2. The van der Waals surface area contributed by atoms with E-state index in [1.807, 2.05) is 19.1 Å². The minimum atomic E-state index is -0.904. The molecule has 3 rings (SSSR count). The predicted molar refractivity (Wildman–Crippen MR) is 139 cm³/mol. The van der Waals surface area contributed by atoms with Gasteiger partial charge in [-0.05, 0) is 60.0 Å². The van der Waals surface area contributed by atoms with E-state index < -0.39 is 11.8 Å². The number of hydrazone groups is 1. The number of carbonyl (C=O) groups excluding carboxylic acids is 2. The van der Waals surface area contributed by atoms with E-state index in [1.165, 1.54) is 6.21 Å². The zero-order chi connectivity index (χ0) is 25.9. The van der Waals surface area contributed by atoms with Crippen LogP contribution in [0.2, 0.25) is 10.0 Å². The van der Waals surface area contributed by atoms with E-state index >= 15 is 0 Å². The van der Waals surface area contributed by atoms with Gasteiger partial charge in [0.1, 0.15) is 12.4 Å². The highest BCUT2D eigenvalue weighted by Gasteiger charge is 2.14. The fourth-order valence-corrected chi connectivity index (χ4v) is 3.42. The van der Waals surface area contributed by atoms with Crippen LogP contribution in [0.4, 0.5) is 0 Å². The second-order valence-corrected chi connectivity index (χ2v) is 8.25. The lowest BCUT2D eigenvalue weighted by atomic mass is 10.2. The quantitative estimate of drug-likeness (QED) is 0.224. The molecule has 2 N–H and O–H groups in total. The maximum atomic E-state index is 12.1. The Kier molecular flexibility index (Phi) is 9.97. The van der Waals surface area contributed by atoms with Gasteiger partial charge in [0.15, 0.2) is 11.5 Å². The lowest BCUT2D eigenvalue weighted by Crippen LogP contribution is -2.37. The largest absolute Gasteiger partial charge is 0.497 e. The Morgan fingerprint density at radius 3 is 2.31 bits per heavy atom. The van der Waals surface area contributed by atoms with Gasteiger partial charge in [-0.15, -0.1) is 0 Å². The van der Waals surface area contributed by atoms with Crippen molar-refractivity contribution in [2.45, 2.75) is 20.1 Å². The SMILES string of the molecule is CCOc1cc(/C=N\NC(=O)C(=O)NCc2ccc(OC)cc2)cc(Cl)c1OCc1ccc(Cl)cc1. The van der Waals surface area contributed by atoms with Crippen LogP contribution in [0.15, 0.2) is 65.8 Å². The third-order valence-electron chi connectivity index (χ3n) is 4.83. The van der Waals surface area contributed by atoms with Gasteiger partial charge in [-0.1, -0.05) is 47.5 Å². The Morgan fingerprint density at radius 2 is 1.64 bits per heavy atom. The van der Waals surface area contributed by atoms with Crippen molar-refractivity contribution in [2.24, 2.45) is 5.10 Å². The molecule has 0 spiro atoms. The summed E-state index contributed by atoms with van der Waals surface area (Å²) < 4.78 is 16.6. The predicted octanol–water partition coefficient (Wildman–Crippen LogP) is 4.75. The summed E-state index contributed by atoms with van der Waals surface area (Å²) in [5.41, 5.74) is 4.47. The van der Waals surface area contributed by atoms with Crippen LogP contribution in [0, 0.1) is 0 Å². The summed E-state index contributed by atoms with van der Waals surface area (Å²) in [6.07, 6.45) is 1.35. The smallest absolute Gasteiger partial charge is 0.329 e. The van der Waals surface area contributed by atoms with Crippen LogP contribution in [0.1, 0.15) is 23.6 Å². The van der Waals surface area contributed by atoms with Gasteiger partial charge in [-0.3, -0.25) is 9.59 Å². The fourth-order valence-electron chi connectivity index (χ4n) is 3.02. The monoisotopic (exact) mass is 529 g/mol. The first-order valence-corrected chi connectivity index (χ1v) is 11.7. The maximum Gasteiger partial charge on any atom is 0.329 e. The molecule has 0 fully saturated rings. The highest BCUT2D eigenvalue weighted by Crippen LogP contribution is 2.37. The third kappa shape index (κ3) is 7.90. The number of hydrogen-bond acceptors (Lipinski definition) is 6. The van der Waals surface area contributed by atoms with Gasteiger partial charge in [-0.25, -0.2) is 5.43 Å². The molecule has 8 nitrogen and oxygen atoms in total.